The highest BCUT2D eigenvalue weighted by Gasteiger charge is 2.16. The number of pyridine rings is 2. The quantitative estimate of drug-likeness (QED) is 0.616. The zero-order valence-electron chi connectivity index (χ0n) is 17.2. The lowest BCUT2D eigenvalue weighted by Crippen LogP contribution is -2.34. The van der Waals surface area contributed by atoms with Crippen molar-refractivity contribution in [2.24, 2.45) is 0 Å². The average molecular weight is 409 g/mol. The summed E-state index contributed by atoms with van der Waals surface area (Å²) in [5.74, 6) is 0.575. The van der Waals surface area contributed by atoms with Crippen molar-refractivity contribution >= 4 is 17.0 Å². The van der Waals surface area contributed by atoms with E-state index in [1.165, 1.54) is 0 Å². The fourth-order valence-corrected chi connectivity index (χ4v) is 2.65. The van der Waals surface area contributed by atoms with Crippen LogP contribution in [0.3, 0.4) is 0 Å². The number of nitrogens with zero attached hydrogens (tertiary/aromatic N) is 2. The van der Waals surface area contributed by atoms with E-state index in [0.29, 0.717) is 12.1 Å². The number of hydrogen-bond acceptors (Lipinski definition) is 5. The Morgan fingerprint density at radius 1 is 1.13 bits per heavy atom. The van der Waals surface area contributed by atoms with Crippen molar-refractivity contribution in [2.45, 2.75) is 26.4 Å². The molecule has 0 fully saturated rings. The minimum Gasteiger partial charge on any atom is -0.489 e. The molecule has 0 atom stereocenters. The first kappa shape index (κ1) is 21.2. The maximum atomic E-state index is 13.2. The lowest BCUT2D eigenvalue weighted by molar-refractivity contribution is 0.0531. The number of halogens is 1. The van der Waals surface area contributed by atoms with E-state index in [1.54, 1.807) is 33.0 Å². The number of alkyl carbamates (subject to hydrolysis) is 1. The van der Waals surface area contributed by atoms with Gasteiger partial charge in [-0.25, -0.2) is 14.2 Å². The van der Waals surface area contributed by atoms with E-state index in [2.05, 4.69) is 15.3 Å². The molecule has 0 bridgehead atoms. The average Bonchev–Trinajstić information content (AvgIpc) is 2.72. The maximum Gasteiger partial charge on any atom is 0.407 e. The Kier molecular flexibility index (Phi) is 6.61. The zero-order chi connectivity index (χ0) is 21.6. The van der Waals surface area contributed by atoms with E-state index < -0.39 is 11.7 Å². The van der Waals surface area contributed by atoms with E-state index in [1.807, 2.05) is 42.5 Å². The van der Waals surface area contributed by atoms with Crippen molar-refractivity contribution in [1.82, 2.24) is 15.3 Å². The Morgan fingerprint density at radius 3 is 2.67 bits per heavy atom. The molecule has 0 aliphatic rings. The molecule has 3 aromatic rings. The minimum atomic E-state index is -0.615. The van der Waals surface area contributed by atoms with Crippen LogP contribution in [0.4, 0.5) is 9.18 Å². The number of carbonyl (C=O) groups is 1. The van der Waals surface area contributed by atoms with Crippen molar-refractivity contribution in [1.29, 1.82) is 0 Å². The Bertz CT molecular complexity index is 1050. The van der Waals surface area contributed by atoms with Gasteiger partial charge in [0.15, 0.2) is 0 Å². The highest BCUT2D eigenvalue weighted by molar-refractivity contribution is 5.82. The Balaban J connectivity index is 1.61. The summed E-state index contributed by atoms with van der Waals surface area (Å²) >= 11 is 0. The number of hydrogen-bond donors (Lipinski definition) is 1. The summed E-state index contributed by atoms with van der Waals surface area (Å²) in [5.41, 5.74) is 2.06. The molecule has 0 saturated heterocycles. The van der Waals surface area contributed by atoms with E-state index >= 15 is 0 Å². The second kappa shape index (κ2) is 9.35. The monoisotopic (exact) mass is 409 g/mol. The lowest BCUT2D eigenvalue weighted by Gasteiger charge is -2.20. The van der Waals surface area contributed by atoms with Gasteiger partial charge in [-0.05, 0) is 57.2 Å². The van der Waals surface area contributed by atoms with E-state index in [4.69, 9.17) is 9.47 Å². The maximum absolute atomic E-state index is 13.2. The summed E-state index contributed by atoms with van der Waals surface area (Å²) in [6, 6.07) is 15.0. The van der Waals surface area contributed by atoms with E-state index in [9.17, 15) is 9.18 Å². The Morgan fingerprint density at radius 2 is 1.97 bits per heavy atom. The van der Waals surface area contributed by atoms with E-state index in [-0.39, 0.29) is 18.7 Å². The van der Waals surface area contributed by atoms with Crippen LogP contribution in [0.5, 0.6) is 5.75 Å². The van der Waals surface area contributed by atoms with Crippen LogP contribution >= 0.6 is 0 Å². The standard InChI is InChI=1S/C23H24FN3O3/c1-23(2,3)30-22(28)26-14-16(13-24)15-29-18-8-10-19-17(12-18)7-9-21(27-19)20-6-4-5-11-25-20/h4-13H,14-15H2,1-3H3,(H,26,28)/b16-13-. The van der Waals surface area contributed by atoms with E-state index in [0.717, 1.165) is 22.3 Å². The summed E-state index contributed by atoms with van der Waals surface area (Å²) < 4.78 is 24.0. The van der Waals surface area contributed by atoms with Crippen LogP contribution < -0.4 is 10.1 Å². The van der Waals surface area contributed by atoms with Crippen molar-refractivity contribution < 1.29 is 18.7 Å². The molecule has 0 aliphatic carbocycles. The molecule has 0 radical (unpaired) electrons. The summed E-state index contributed by atoms with van der Waals surface area (Å²) in [5, 5.41) is 3.41. The van der Waals surface area contributed by atoms with Gasteiger partial charge in [0, 0.05) is 23.7 Å². The van der Waals surface area contributed by atoms with Crippen LogP contribution in [0.1, 0.15) is 20.8 Å². The first-order valence-electron chi connectivity index (χ1n) is 9.54. The molecule has 1 amide bonds. The molecule has 0 saturated carbocycles. The summed E-state index contributed by atoms with van der Waals surface area (Å²) in [6.45, 7) is 5.27. The van der Waals surface area contributed by atoms with Gasteiger partial charge < -0.3 is 14.8 Å². The van der Waals surface area contributed by atoms with Gasteiger partial charge in [-0.2, -0.15) is 0 Å². The third-order valence-electron chi connectivity index (χ3n) is 4.03. The Hall–Kier alpha value is -3.48. The predicted molar refractivity (Wildman–Crippen MR) is 114 cm³/mol. The predicted octanol–water partition coefficient (Wildman–Crippen LogP) is 5.05. The fraction of sp³-hybridized carbons (Fsp3) is 0.261. The SMILES string of the molecule is CC(C)(C)OC(=O)NC/C(=C/F)COc1ccc2nc(-c3ccccn3)ccc2c1. The number of amides is 1. The van der Waals surface area contributed by atoms with Crippen LogP contribution in [-0.4, -0.2) is 34.8 Å². The summed E-state index contributed by atoms with van der Waals surface area (Å²) in [4.78, 5) is 20.6. The minimum absolute atomic E-state index is 0.00273. The van der Waals surface area contributed by atoms with Crippen molar-refractivity contribution in [3.63, 3.8) is 0 Å². The normalized spacial score (nSPS) is 11.9. The second-order valence-electron chi connectivity index (χ2n) is 7.68. The van der Waals surface area contributed by atoms with Crippen LogP contribution in [0.15, 0.2) is 66.6 Å². The molecular formula is C23H24FN3O3. The third kappa shape index (κ3) is 6.01. The number of carbonyl (C=O) groups excluding carboxylic acids is 1. The smallest absolute Gasteiger partial charge is 0.407 e. The van der Waals surface area contributed by atoms with Gasteiger partial charge >= 0.3 is 6.09 Å². The number of aromatic nitrogens is 2. The molecule has 2 heterocycles. The van der Waals surface area contributed by atoms with Crippen LogP contribution in [0, 0.1) is 0 Å². The second-order valence-corrected chi connectivity index (χ2v) is 7.68. The first-order valence-corrected chi connectivity index (χ1v) is 9.54. The van der Waals surface area contributed by atoms with Crippen LogP contribution in [-0.2, 0) is 4.74 Å². The molecule has 7 heteroatoms. The molecule has 6 nitrogen and oxygen atoms in total. The lowest BCUT2D eigenvalue weighted by atomic mass is 10.1. The van der Waals surface area contributed by atoms with Crippen LogP contribution in [0.25, 0.3) is 22.3 Å². The topological polar surface area (TPSA) is 73.3 Å². The molecule has 156 valence electrons. The van der Waals surface area contributed by atoms with Gasteiger partial charge in [-0.1, -0.05) is 12.1 Å². The van der Waals surface area contributed by atoms with Gasteiger partial charge in [0.05, 0.1) is 23.2 Å². The Labute approximate surface area is 174 Å². The van der Waals surface area contributed by atoms with Gasteiger partial charge in [0.25, 0.3) is 0 Å². The molecule has 2 aromatic heterocycles. The first-order chi connectivity index (χ1) is 14.3. The number of nitrogens with one attached hydrogen (secondary N) is 1. The fourth-order valence-electron chi connectivity index (χ4n) is 2.65. The number of ether oxygens (including phenoxy) is 2. The van der Waals surface area contributed by atoms with Gasteiger partial charge in [-0.15, -0.1) is 0 Å². The zero-order valence-corrected chi connectivity index (χ0v) is 17.2. The molecule has 0 aliphatic heterocycles. The van der Waals surface area contributed by atoms with Crippen molar-refractivity contribution in [2.75, 3.05) is 13.2 Å². The largest absolute Gasteiger partial charge is 0.489 e. The third-order valence-corrected chi connectivity index (χ3v) is 4.03. The van der Waals surface area contributed by atoms with Gasteiger partial charge in [0.2, 0.25) is 0 Å². The van der Waals surface area contributed by atoms with Crippen LogP contribution in [0.2, 0.25) is 0 Å². The molecule has 0 unspecified atom stereocenters. The highest BCUT2D eigenvalue weighted by atomic mass is 19.1. The van der Waals surface area contributed by atoms with Crippen molar-refractivity contribution in [3.05, 3.63) is 66.6 Å². The number of rotatable bonds is 6. The van der Waals surface area contributed by atoms with Gasteiger partial charge in [0.1, 0.15) is 18.0 Å². The molecule has 1 N–H and O–H groups in total. The molecular weight excluding hydrogens is 385 g/mol. The highest BCUT2D eigenvalue weighted by Crippen LogP contribution is 2.23. The summed E-state index contributed by atoms with van der Waals surface area (Å²) in [6.07, 6.45) is 1.55. The molecule has 30 heavy (non-hydrogen) atoms. The molecule has 0 spiro atoms. The molecule has 1 aromatic carbocycles. The van der Waals surface area contributed by atoms with Crippen molar-refractivity contribution in [3.8, 4) is 17.1 Å². The molecule has 3 rings (SSSR count). The summed E-state index contributed by atoms with van der Waals surface area (Å²) in [7, 11) is 0. The number of fused-ring (bicyclic) bond motifs is 1. The van der Waals surface area contributed by atoms with Gasteiger partial charge in [-0.3, -0.25) is 4.98 Å². The number of benzene rings is 1.